The van der Waals surface area contributed by atoms with E-state index >= 15 is 0 Å². The van der Waals surface area contributed by atoms with Crippen LogP contribution in [0.4, 0.5) is 5.69 Å². The van der Waals surface area contributed by atoms with E-state index in [9.17, 15) is 18.0 Å². The minimum atomic E-state index is -3.62. The number of fused-ring (bicyclic) bond motifs is 1. The minimum absolute atomic E-state index is 0.173. The Hall–Kier alpha value is -2.65. The molecule has 1 aromatic heterocycles. The topological polar surface area (TPSA) is 99.9 Å². The number of hydrogen-bond acceptors (Lipinski definition) is 5. The van der Waals surface area contributed by atoms with Crippen molar-refractivity contribution in [2.75, 3.05) is 24.5 Å². The summed E-state index contributed by atoms with van der Waals surface area (Å²) < 4.78 is 32.3. The van der Waals surface area contributed by atoms with E-state index in [2.05, 4.69) is 5.32 Å². The summed E-state index contributed by atoms with van der Waals surface area (Å²) in [6, 6.07) is 7.60. The van der Waals surface area contributed by atoms with Crippen molar-refractivity contribution in [1.82, 2.24) is 9.62 Å². The van der Waals surface area contributed by atoms with Crippen molar-refractivity contribution < 1.29 is 22.4 Å². The summed E-state index contributed by atoms with van der Waals surface area (Å²) in [5.41, 5.74) is 1.25. The smallest absolute Gasteiger partial charge is 0.243 e. The Labute approximate surface area is 176 Å². The van der Waals surface area contributed by atoms with Gasteiger partial charge in [0.2, 0.25) is 21.8 Å². The number of rotatable bonds is 8. The molecule has 0 spiro atoms. The molecular weight excluding hydrogens is 406 g/mol. The summed E-state index contributed by atoms with van der Waals surface area (Å²) in [4.78, 5) is 26.7. The lowest BCUT2D eigenvalue weighted by atomic mass is 10.1. The quantitative estimate of drug-likeness (QED) is 0.686. The molecule has 0 unspecified atom stereocenters. The van der Waals surface area contributed by atoms with Gasteiger partial charge in [-0.3, -0.25) is 14.5 Å². The number of benzene rings is 1. The Bertz CT molecular complexity index is 1010. The molecule has 0 fully saturated rings. The molecule has 30 heavy (non-hydrogen) atoms. The van der Waals surface area contributed by atoms with Gasteiger partial charge in [-0.1, -0.05) is 13.8 Å². The zero-order valence-electron chi connectivity index (χ0n) is 17.4. The first kappa shape index (κ1) is 22.0. The predicted molar refractivity (Wildman–Crippen MR) is 113 cm³/mol. The summed E-state index contributed by atoms with van der Waals surface area (Å²) in [7, 11) is -3.62. The molecule has 1 aliphatic rings. The summed E-state index contributed by atoms with van der Waals surface area (Å²) in [5, 5.41) is 2.84. The van der Waals surface area contributed by atoms with Crippen molar-refractivity contribution in [3.05, 3.63) is 47.9 Å². The van der Waals surface area contributed by atoms with Crippen LogP contribution in [0.2, 0.25) is 0 Å². The van der Waals surface area contributed by atoms with Crippen LogP contribution in [-0.4, -0.2) is 50.2 Å². The van der Waals surface area contributed by atoms with E-state index in [1.807, 2.05) is 6.07 Å². The molecule has 0 radical (unpaired) electrons. The van der Waals surface area contributed by atoms with E-state index in [0.29, 0.717) is 37.3 Å². The van der Waals surface area contributed by atoms with E-state index in [1.165, 1.54) is 22.2 Å². The van der Waals surface area contributed by atoms with Gasteiger partial charge in [-0.25, -0.2) is 8.42 Å². The monoisotopic (exact) mass is 433 g/mol. The molecule has 3 rings (SSSR count). The zero-order chi connectivity index (χ0) is 21.9. The van der Waals surface area contributed by atoms with Crippen LogP contribution in [0.5, 0.6) is 0 Å². The summed E-state index contributed by atoms with van der Waals surface area (Å²) >= 11 is 0. The SMILES string of the molecule is CCN(CC)S(=O)(=O)c1ccc2c(c1)C[C@H](C(=O)NCCc1ccco1)N2C(C)=O. The molecule has 1 atom stereocenters. The van der Waals surface area contributed by atoms with Crippen molar-refractivity contribution in [2.24, 2.45) is 0 Å². The van der Waals surface area contributed by atoms with Gasteiger partial charge >= 0.3 is 0 Å². The number of carbonyl (C=O) groups excluding carboxylic acids is 2. The van der Waals surface area contributed by atoms with Crippen LogP contribution in [0, 0.1) is 0 Å². The molecule has 1 N–H and O–H groups in total. The van der Waals surface area contributed by atoms with Crippen molar-refractivity contribution in [3.8, 4) is 0 Å². The molecule has 0 saturated heterocycles. The van der Waals surface area contributed by atoms with Gasteiger partial charge in [-0.15, -0.1) is 0 Å². The number of sulfonamides is 1. The van der Waals surface area contributed by atoms with Gasteiger partial charge in [0.25, 0.3) is 0 Å². The second-order valence-corrected chi connectivity index (χ2v) is 9.05. The van der Waals surface area contributed by atoms with Crippen LogP contribution in [0.25, 0.3) is 0 Å². The van der Waals surface area contributed by atoms with Crippen LogP contribution < -0.4 is 10.2 Å². The fraction of sp³-hybridized carbons (Fsp3) is 0.429. The van der Waals surface area contributed by atoms with E-state index in [4.69, 9.17) is 4.42 Å². The van der Waals surface area contributed by atoms with Crippen molar-refractivity contribution in [2.45, 2.75) is 44.6 Å². The van der Waals surface area contributed by atoms with Crippen LogP contribution in [-0.2, 0) is 32.5 Å². The van der Waals surface area contributed by atoms with E-state index in [-0.39, 0.29) is 23.1 Å². The minimum Gasteiger partial charge on any atom is -0.469 e. The largest absolute Gasteiger partial charge is 0.469 e. The predicted octanol–water partition coefficient (Wildman–Crippen LogP) is 1.95. The van der Waals surface area contributed by atoms with E-state index in [1.54, 1.807) is 38.3 Å². The fourth-order valence-electron chi connectivity index (χ4n) is 3.78. The Balaban J connectivity index is 1.80. The van der Waals surface area contributed by atoms with Crippen LogP contribution in [0.15, 0.2) is 45.9 Å². The molecule has 1 aliphatic heterocycles. The third-order valence-corrected chi connectivity index (χ3v) is 7.32. The lowest BCUT2D eigenvalue weighted by molar-refractivity contribution is -0.125. The van der Waals surface area contributed by atoms with Gasteiger partial charge < -0.3 is 9.73 Å². The Morgan fingerprint density at radius 2 is 1.97 bits per heavy atom. The number of nitrogens with one attached hydrogen (secondary N) is 1. The number of hydrogen-bond donors (Lipinski definition) is 1. The number of carbonyl (C=O) groups is 2. The molecule has 0 saturated carbocycles. The van der Waals surface area contributed by atoms with Crippen LogP contribution in [0.3, 0.4) is 0 Å². The maximum absolute atomic E-state index is 12.8. The van der Waals surface area contributed by atoms with Crippen molar-refractivity contribution in [3.63, 3.8) is 0 Å². The molecule has 1 aromatic carbocycles. The van der Waals surface area contributed by atoms with Gasteiger partial charge in [0.1, 0.15) is 11.8 Å². The molecule has 8 nitrogen and oxygen atoms in total. The average Bonchev–Trinajstić information content (AvgIpc) is 3.35. The van der Waals surface area contributed by atoms with Gasteiger partial charge in [-0.05, 0) is 35.9 Å². The van der Waals surface area contributed by atoms with Crippen LogP contribution >= 0.6 is 0 Å². The average molecular weight is 434 g/mol. The first-order chi connectivity index (χ1) is 14.3. The van der Waals surface area contributed by atoms with Crippen molar-refractivity contribution >= 4 is 27.5 Å². The molecule has 2 aromatic rings. The van der Waals surface area contributed by atoms with Crippen molar-refractivity contribution in [1.29, 1.82) is 0 Å². The Morgan fingerprint density at radius 1 is 1.23 bits per heavy atom. The second kappa shape index (κ2) is 9.01. The maximum atomic E-state index is 12.8. The third-order valence-electron chi connectivity index (χ3n) is 5.27. The van der Waals surface area contributed by atoms with E-state index in [0.717, 1.165) is 5.76 Å². The van der Waals surface area contributed by atoms with Gasteiger partial charge in [-0.2, -0.15) is 4.31 Å². The highest BCUT2D eigenvalue weighted by atomic mass is 32.2. The number of anilines is 1. The van der Waals surface area contributed by atoms with Crippen LogP contribution in [0.1, 0.15) is 32.1 Å². The standard InChI is InChI=1S/C21H27N3O5S/c1-4-23(5-2)30(27,28)18-8-9-19-16(13-18)14-20(24(19)15(3)25)21(26)22-11-10-17-7-6-12-29-17/h6-9,12-13,20H,4-5,10-11,14H2,1-3H3,(H,22,26)/t20-/m1/s1. The number of nitrogens with zero attached hydrogens (tertiary/aromatic N) is 2. The molecule has 0 aliphatic carbocycles. The number of furan rings is 1. The van der Waals surface area contributed by atoms with Gasteiger partial charge in [0.05, 0.1) is 11.2 Å². The summed E-state index contributed by atoms with van der Waals surface area (Å²) in [6.45, 7) is 6.10. The van der Waals surface area contributed by atoms with Gasteiger partial charge in [0, 0.05) is 45.1 Å². The first-order valence-corrected chi connectivity index (χ1v) is 11.5. The zero-order valence-corrected chi connectivity index (χ0v) is 18.2. The highest BCUT2D eigenvalue weighted by Gasteiger charge is 2.37. The first-order valence-electron chi connectivity index (χ1n) is 10.0. The highest BCUT2D eigenvalue weighted by molar-refractivity contribution is 7.89. The molecule has 2 heterocycles. The molecule has 9 heteroatoms. The lowest BCUT2D eigenvalue weighted by Gasteiger charge is -2.23. The highest BCUT2D eigenvalue weighted by Crippen LogP contribution is 2.34. The third kappa shape index (κ3) is 4.27. The maximum Gasteiger partial charge on any atom is 0.243 e. The Kier molecular flexibility index (Phi) is 6.62. The number of amides is 2. The Morgan fingerprint density at radius 3 is 2.57 bits per heavy atom. The summed E-state index contributed by atoms with van der Waals surface area (Å²) in [6.07, 6.45) is 2.39. The molecule has 2 amide bonds. The second-order valence-electron chi connectivity index (χ2n) is 7.11. The molecule has 0 bridgehead atoms. The van der Waals surface area contributed by atoms with Gasteiger partial charge in [0.15, 0.2) is 0 Å². The normalized spacial score (nSPS) is 16.0. The summed E-state index contributed by atoms with van der Waals surface area (Å²) in [5.74, 6) is 0.222. The molecule has 162 valence electrons. The fourth-order valence-corrected chi connectivity index (χ4v) is 5.29. The lowest BCUT2D eigenvalue weighted by Crippen LogP contribution is -2.47. The van der Waals surface area contributed by atoms with E-state index < -0.39 is 16.1 Å². The molecular formula is C21H27N3O5S.